The van der Waals surface area contributed by atoms with Crippen LogP contribution < -0.4 is 5.32 Å². The maximum atomic E-state index is 13.5. The Kier molecular flexibility index (Phi) is 6.72. The largest absolute Gasteiger partial charge is 0.351 e. The SMILES string of the molecule is CC[C@H](C)N(C(=O)c1csnn1)[C@H](C(=O)NC1CCCC1)c1ccc(F)cc1. The minimum Gasteiger partial charge on any atom is -0.351 e. The lowest BCUT2D eigenvalue weighted by Gasteiger charge is -2.35. The van der Waals surface area contributed by atoms with Gasteiger partial charge in [0.15, 0.2) is 5.69 Å². The minimum absolute atomic E-state index is 0.116. The molecule has 2 aromatic rings. The van der Waals surface area contributed by atoms with Crippen LogP contribution in [-0.2, 0) is 4.79 Å². The van der Waals surface area contributed by atoms with Gasteiger partial charge in [-0.25, -0.2) is 4.39 Å². The molecule has 1 aliphatic carbocycles. The zero-order chi connectivity index (χ0) is 20.1. The number of carbonyl (C=O) groups is 2. The summed E-state index contributed by atoms with van der Waals surface area (Å²) < 4.78 is 17.3. The zero-order valence-electron chi connectivity index (χ0n) is 16.1. The average molecular weight is 405 g/mol. The molecule has 3 rings (SSSR count). The van der Waals surface area contributed by atoms with Crippen LogP contribution in [0.3, 0.4) is 0 Å². The first-order valence-electron chi connectivity index (χ1n) is 9.66. The van der Waals surface area contributed by atoms with Crippen LogP contribution in [0.4, 0.5) is 4.39 Å². The Balaban J connectivity index is 1.98. The Bertz CT molecular complexity index is 791. The summed E-state index contributed by atoms with van der Waals surface area (Å²) in [5.41, 5.74) is 0.791. The van der Waals surface area contributed by atoms with Gasteiger partial charge in [-0.05, 0) is 55.4 Å². The van der Waals surface area contributed by atoms with E-state index in [4.69, 9.17) is 0 Å². The summed E-state index contributed by atoms with van der Waals surface area (Å²) in [5, 5.41) is 8.56. The van der Waals surface area contributed by atoms with Crippen molar-refractivity contribution in [3.05, 3.63) is 46.7 Å². The lowest BCUT2D eigenvalue weighted by Crippen LogP contribution is -2.49. The molecule has 0 radical (unpaired) electrons. The molecule has 6 nitrogen and oxygen atoms in total. The molecule has 2 amide bonds. The smallest absolute Gasteiger partial charge is 0.276 e. The predicted octanol–water partition coefficient (Wildman–Crippen LogP) is 3.72. The molecule has 0 unspecified atom stereocenters. The van der Waals surface area contributed by atoms with Crippen molar-refractivity contribution in [1.29, 1.82) is 0 Å². The van der Waals surface area contributed by atoms with E-state index in [2.05, 4.69) is 14.9 Å². The molecule has 2 atom stereocenters. The molecule has 1 heterocycles. The molecule has 0 spiro atoms. The van der Waals surface area contributed by atoms with E-state index < -0.39 is 6.04 Å². The first-order valence-corrected chi connectivity index (χ1v) is 10.5. The number of aromatic nitrogens is 2. The standard InChI is InChI=1S/C20H25FN4O2S/c1-3-13(2)25(20(27)17-12-28-24-23-17)18(14-8-10-15(21)11-9-14)19(26)22-16-6-4-5-7-16/h8-13,16,18H,3-7H2,1-2H3,(H,22,26)/t13-,18-/m0/s1. The number of nitrogens with one attached hydrogen (secondary N) is 1. The van der Waals surface area contributed by atoms with E-state index in [9.17, 15) is 14.0 Å². The normalized spacial score (nSPS) is 16.5. The van der Waals surface area contributed by atoms with Gasteiger partial charge in [0.05, 0.1) is 0 Å². The highest BCUT2D eigenvalue weighted by atomic mass is 32.1. The fourth-order valence-electron chi connectivity index (χ4n) is 3.59. The summed E-state index contributed by atoms with van der Waals surface area (Å²) in [6.07, 6.45) is 4.72. The first-order chi connectivity index (χ1) is 13.5. The summed E-state index contributed by atoms with van der Waals surface area (Å²) in [7, 11) is 0. The van der Waals surface area contributed by atoms with Crippen molar-refractivity contribution in [2.45, 2.75) is 64.1 Å². The molecule has 0 saturated heterocycles. The monoisotopic (exact) mass is 404 g/mol. The molecular formula is C20H25FN4O2S. The number of benzene rings is 1. The summed E-state index contributed by atoms with van der Waals surface area (Å²) in [5.74, 6) is -0.974. The van der Waals surface area contributed by atoms with Crippen LogP contribution in [0.25, 0.3) is 0 Å². The molecule has 1 aromatic heterocycles. The van der Waals surface area contributed by atoms with E-state index in [0.29, 0.717) is 12.0 Å². The number of hydrogen-bond acceptors (Lipinski definition) is 5. The Morgan fingerprint density at radius 1 is 1.29 bits per heavy atom. The fourth-order valence-corrected chi connectivity index (χ4v) is 4.02. The number of rotatable bonds is 7. The summed E-state index contributed by atoms with van der Waals surface area (Å²) in [6.45, 7) is 3.86. The third-order valence-corrected chi connectivity index (χ3v) is 5.80. The highest BCUT2D eigenvalue weighted by Gasteiger charge is 2.36. The van der Waals surface area contributed by atoms with Gasteiger partial charge in [-0.2, -0.15) is 0 Å². The van der Waals surface area contributed by atoms with Crippen molar-refractivity contribution in [3.63, 3.8) is 0 Å². The van der Waals surface area contributed by atoms with Crippen molar-refractivity contribution >= 4 is 23.3 Å². The minimum atomic E-state index is -0.856. The Morgan fingerprint density at radius 2 is 1.96 bits per heavy atom. The van der Waals surface area contributed by atoms with Gasteiger partial charge in [0.25, 0.3) is 5.91 Å². The molecule has 1 fully saturated rings. The van der Waals surface area contributed by atoms with Crippen LogP contribution >= 0.6 is 11.5 Å². The fraction of sp³-hybridized carbons (Fsp3) is 0.500. The predicted molar refractivity (Wildman–Crippen MR) is 105 cm³/mol. The molecule has 1 saturated carbocycles. The average Bonchev–Trinajstić information content (AvgIpc) is 3.40. The Hall–Kier alpha value is -2.35. The molecule has 28 heavy (non-hydrogen) atoms. The highest BCUT2D eigenvalue weighted by Crippen LogP contribution is 2.28. The van der Waals surface area contributed by atoms with Crippen LogP contribution in [0.1, 0.15) is 68.0 Å². The zero-order valence-corrected chi connectivity index (χ0v) is 16.9. The Labute approximate surface area is 168 Å². The number of carbonyl (C=O) groups excluding carboxylic acids is 2. The molecule has 1 aromatic carbocycles. The molecule has 1 aliphatic rings. The molecule has 150 valence electrons. The lowest BCUT2D eigenvalue weighted by atomic mass is 10.00. The van der Waals surface area contributed by atoms with Crippen LogP contribution in [0, 0.1) is 5.82 Å². The number of amides is 2. The Morgan fingerprint density at radius 3 is 2.54 bits per heavy atom. The third kappa shape index (κ3) is 4.55. The lowest BCUT2D eigenvalue weighted by molar-refractivity contribution is -0.127. The second kappa shape index (κ2) is 9.23. The van der Waals surface area contributed by atoms with Crippen molar-refractivity contribution in [2.75, 3.05) is 0 Å². The van der Waals surface area contributed by atoms with Crippen LogP contribution in [0.5, 0.6) is 0 Å². The molecule has 0 aliphatic heterocycles. The van der Waals surface area contributed by atoms with Crippen LogP contribution in [0.15, 0.2) is 29.6 Å². The van der Waals surface area contributed by atoms with E-state index >= 15 is 0 Å². The highest BCUT2D eigenvalue weighted by molar-refractivity contribution is 7.03. The van der Waals surface area contributed by atoms with Gasteiger partial charge in [-0.3, -0.25) is 9.59 Å². The topological polar surface area (TPSA) is 75.2 Å². The second-order valence-electron chi connectivity index (χ2n) is 7.20. The quantitative estimate of drug-likeness (QED) is 0.763. The van der Waals surface area contributed by atoms with Crippen molar-refractivity contribution in [3.8, 4) is 0 Å². The molecule has 8 heteroatoms. The maximum Gasteiger partial charge on any atom is 0.276 e. The van der Waals surface area contributed by atoms with Crippen LogP contribution in [0.2, 0.25) is 0 Å². The van der Waals surface area contributed by atoms with E-state index in [1.165, 1.54) is 12.1 Å². The van der Waals surface area contributed by atoms with E-state index in [1.54, 1.807) is 22.4 Å². The third-order valence-electron chi connectivity index (χ3n) is 5.29. The number of hydrogen-bond donors (Lipinski definition) is 1. The van der Waals surface area contributed by atoms with Gasteiger partial charge < -0.3 is 10.2 Å². The van der Waals surface area contributed by atoms with Crippen LogP contribution in [-0.4, -0.2) is 38.4 Å². The summed E-state index contributed by atoms with van der Waals surface area (Å²) >= 11 is 1.09. The molecule has 0 bridgehead atoms. The van der Waals surface area contributed by atoms with Gasteiger partial charge in [0.1, 0.15) is 11.9 Å². The van der Waals surface area contributed by atoms with E-state index in [-0.39, 0.29) is 35.4 Å². The first kappa shape index (κ1) is 20.4. The summed E-state index contributed by atoms with van der Waals surface area (Å²) in [4.78, 5) is 28.0. The summed E-state index contributed by atoms with van der Waals surface area (Å²) in [6, 6.07) is 4.81. The van der Waals surface area contributed by atoms with Crippen molar-refractivity contribution in [1.82, 2.24) is 19.8 Å². The van der Waals surface area contributed by atoms with E-state index in [1.807, 2.05) is 13.8 Å². The van der Waals surface area contributed by atoms with Gasteiger partial charge in [0, 0.05) is 17.5 Å². The van der Waals surface area contributed by atoms with Gasteiger partial charge >= 0.3 is 0 Å². The molecule has 1 N–H and O–H groups in total. The second-order valence-corrected chi connectivity index (χ2v) is 7.81. The maximum absolute atomic E-state index is 13.5. The van der Waals surface area contributed by atoms with E-state index in [0.717, 1.165) is 37.2 Å². The van der Waals surface area contributed by atoms with Crippen molar-refractivity contribution < 1.29 is 14.0 Å². The van der Waals surface area contributed by atoms with Gasteiger partial charge in [0.2, 0.25) is 5.91 Å². The van der Waals surface area contributed by atoms with Gasteiger partial charge in [-0.15, -0.1) is 5.10 Å². The number of halogens is 1. The molecular weight excluding hydrogens is 379 g/mol. The van der Waals surface area contributed by atoms with Gasteiger partial charge in [-0.1, -0.05) is 36.4 Å². The van der Waals surface area contributed by atoms with Crippen molar-refractivity contribution in [2.24, 2.45) is 0 Å². The number of nitrogens with zero attached hydrogens (tertiary/aromatic N) is 3.